The van der Waals surface area contributed by atoms with Gasteiger partial charge in [0.05, 0.1) is 29.4 Å². The van der Waals surface area contributed by atoms with Gasteiger partial charge in [-0.25, -0.2) is 26.6 Å². The highest BCUT2D eigenvalue weighted by molar-refractivity contribution is 7.99. The molecule has 2 saturated heterocycles. The minimum absolute atomic E-state index is 0.000763. The van der Waals surface area contributed by atoms with Crippen LogP contribution in [0.5, 0.6) is 0 Å². The number of carbonyl (C=O) groups excluding carboxylic acids is 5. The molecule has 0 radical (unpaired) electrons. The SMILES string of the molecule is CC(C)(O)c1cnnn1[C@H]1C[C@@H](C(=O)NC2(C(=O)C(N)=O)CCSCC2)N(C(=O)C(CC2CCCCC2)NC(=O)c2ccc(S(=O)(=O)NCC(F)F)cc2)C1. The summed E-state index contributed by atoms with van der Waals surface area (Å²) in [7, 11) is -4.28. The number of carbonyl (C=O) groups is 5. The number of benzene rings is 1. The minimum atomic E-state index is -4.28. The van der Waals surface area contributed by atoms with E-state index in [1.165, 1.54) is 27.9 Å². The van der Waals surface area contributed by atoms with Crippen LogP contribution < -0.4 is 21.1 Å². The van der Waals surface area contributed by atoms with E-state index >= 15 is 0 Å². The summed E-state index contributed by atoms with van der Waals surface area (Å²) in [6.07, 6.45) is 3.57. The van der Waals surface area contributed by atoms with E-state index in [9.17, 15) is 46.3 Å². The largest absolute Gasteiger partial charge is 0.384 e. The van der Waals surface area contributed by atoms with E-state index in [4.69, 9.17) is 5.73 Å². The molecule has 3 atom stereocenters. The van der Waals surface area contributed by atoms with Crippen LogP contribution in [-0.2, 0) is 34.8 Å². The van der Waals surface area contributed by atoms with E-state index in [1.807, 2.05) is 0 Å². The zero-order valence-corrected chi connectivity index (χ0v) is 32.3. The monoisotopic (exact) mass is 810 g/mol. The van der Waals surface area contributed by atoms with E-state index in [2.05, 4.69) is 20.9 Å². The number of Topliss-reactive ketones (excluding diaryl/α,β-unsaturated/α-hetero) is 1. The third-order valence-corrected chi connectivity index (χ3v) is 13.0. The number of nitrogens with two attached hydrogens (primary N) is 1. The van der Waals surface area contributed by atoms with Crippen LogP contribution in [0, 0.1) is 5.92 Å². The first-order valence-electron chi connectivity index (χ1n) is 18.3. The summed E-state index contributed by atoms with van der Waals surface area (Å²) in [5.74, 6) is -3.07. The molecule has 1 aromatic heterocycles. The van der Waals surface area contributed by atoms with Gasteiger partial charge in [-0.3, -0.25) is 24.0 Å². The summed E-state index contributed by atoms with van der Waals surface area (Å²) in [5.41, 5.74) is 2.81. The summed E-state index contributed by atoms with van der Waals surface area (Å²) in [6.45, 7) is 1.93. The van der Waals surface area contributed by atoms with Crippen molar-refractivity contribution in [1.82, 2.24) is 35.2 Å². The summed E-state index contributed by atoms with van der Waals surface area (Å²) in [6, 6.07) is 1.60. The number of halogens is 2. The number of likely N-dealkylation sites (tertiary alicyclic amines) is 1. The fraction of sp³-hybridized carbons (Fsp3) is 0.629. The van der Waals surface area contributed by atoms with E-state index in [0.29, 0.717) is 17.2 Å². The Balaban J connectivity index is 1.46. The van der Waals surface area contributed by atoms with Crippen LogP contribution in [0.15, 0.2) is 35.4 Å². The van der Waals surface area contributed by atoms with Gasteiger partial charge in [0.15, 0.2) is 0 Å². The fourth-order valence-corrected chi connectivity index (χ4v) is 9.78. The average Bonchev–Trinajstić information content (AvgIpc) is 3.83. The minimum Gasteiger partial charge on any atom is -0.384 e. The summed E-state index contributed by atoms with van der Waals surface area (Å²) in [4.78, 5) is 69.1. The highest BCUT2D eigenvalue weighted by atomic mass is 32.2. The Labute approximate surface area is 322 Å². The number of nitrogens with zero attached hydrogens (tertiary/aromatic N) is 4. The van der Waals surface area contributed by atoms with Crippen molar-refractivity contribution >= 4 is 51.2 Å². The lowest BCUT2D eigenvalue weighted by Crippen LogP contribution is -2.63. The molecule has 20 heteroatoms. The van der Waals surface area contributed by atoms with Gasteiger partial charge in [-0.2, -0.15) is 11.8 Å². The maximum Gasteiger partial charge on any atom is 0.287 e. The first-order valence-corrected chi connectivity index (χ1v) is 20.9. The van der Waals surface area contributed by atoms with Gasteiger partial charge in [-0.1, -0.05) is 37.3 Å². The molecular formula is C35H48F2N8O8S2. The first-order chi connectivity index (χ1) is 25.9. The van der Waals surface area contributed by atoms with Crippen molar-refractivity contribution in [2.45, 2.75) is 112 Å². The molecule has 1 aromatic carbocycles. The van der Waals surface area contributed by atoms with Crippen molar-refractivity contribution in [3.05, 3.63) is 41.7 Å². The van der Waals surface area contributed by atoms with Gasteiger partial charge in [0.2, 0.25) is 27.6 Å². The van der Waals surface area contributed by atoms with E-state index in [1.54, 1.807) is 30.3 Å². The molecular weight excluding hydrogens is 763 g/mol. The first kappa shape index (κ1) is 42.1. The molecule has 1 aliphatic carbocycles. The number of sulfonamides is 1. The number of nitrogens with one attached hydrogen (secondary N) is 3. The standard InChI is InChI=1S/C35H48F2N8O8S2/c1-34(2,51)27-18-39-43-45(27)23-17-26(32(49)42-35(29(46)30(38)47)12-14-54-15-13-35)44(20-23)33(50)25(16-21-6-4-3-5-7-21)41-31(48)22-8-10-24(11-9-22)55(52,53)40-19-28(36)37/h8-11,18,21,23,25-26,28,40,51H,3-7,12-17,19-20H2,1-2H3,(H2,38,47)(H,41,48)(H,42,49)/t23-,25?,26-/m0/s1. The predicted molar refractivity (Wildman–Crippen MR) is 196 cm³/mol. The van der Waals surface area contributed by atoms with Crippen LogP contribution >= 0.6 is 11.8 Å². The van der Waals surface area contributed by atoms with Crippen LogP contribution in [0.25, 0.3) is 0 Å². The van der Waals surface area contributed by atoms with Crippen LogP contribution in [0.2, 0.25) is 0 Å². The molecule has 302 valence electrons. The Bertz CT molecular complexity index is 1840. The van der Waals surface area contributed by atoms with Crippen molar-refractivity contribution in [3.63, 3.8) is 0 Å². The number of amides is 4. The highest BCUT2D eigenvalue weighted by Crippen LogP contribution is 2.35. The lowest BCUT2D eigenvalue weighted by molar-refractivity contribution is -0.145. The number of ketones is 1. The van der Waals surface area contributed by atoms with Crippen molar-refractivity contribution in [2.24, 2.45) is 11.7 Å². The van der Waals surface area contributed by atoms with Gasteiger partial charge >= 0.3 is 0 Å². The second kappa shape index (κ2) is 17.4. The summed E-state index contributed by atoms with van der Waals surface area (Å²) >= 11 is 1.56. The van der Waals surface area contributed by atoms with Gasteiger partial charge < -0.3 is 26.4 Å². The number of alkyl halides is 2. The smallest absolute Gasteiger partial charge is 0.287 e. The molecule has 6 N–H and O–H groups in total. The Morgan fingerprint density at radius 1 is 1.07 bits per heavy atom. The zero-order chi connectivity index (χ0) is 40.1. The maximum atomic E-state index is 14.8. The van der Waals surface area contributed by atoms with Crippen molar-refractivity contribution in [3.8, 4) is 0 Å². The second-order valence-electron chi connectivity index (χ2n) is 14.9. The molecule has 3 heterocycles. The predicted octanol–water partition coefficient (Wildman–Crippen LogP) is 1.40. The molecule has 1 saturated carbocycles. The Kier molecular flexibility index (Phi) is 13.3. The highest BCUT2D eigenvalue weighted by Gasteiger charge is 2.49. The Morgan fingerprint density at radius 3 is 2.33 bits per heavy atom. The van der Waals surface area contributed by atoms with E-state index in [0.717, 1.165) is 44.2 Å². The number of hydrogen-bond donors (Lipinski definition) is 5. The number of rotatable bonds is 15. The maximum absolute atomic E-state index is 14.8. The van der Waals surface area contributed by atoms with Crippen molar-refractivity contribution in [1.29, 1.82) is 0 Å². The molecule has 2 aliphatic heterocycles. The number of thioether (sulfide) groups is 1. The lowest BCUT2D eigenvalue weighted by Gasteiger charge is -2.37. The van der Waals surface area contributed by atoms with Gasteiger partial charge in [0, 0.05) is 18.5 Å². The topological polar surface area (TPSA) is 236 Å². The molecule has 2 aromatic rings. The second-order valence-corrected chi connectivity index (χ2v) is 17.9. The molecule has 55 heavy (non-hydrogen) atoms. The zero-order valence-electron chi connectivity index (χ0n) is 30.7. The normalized spacial score (nSPS) is 21.2. The van der Waals surface area contributed by atoms with Crippen LogP contribution in [-0.4, -0.2) is 111 Å². The van der Waals surface area contributed by atoms with Crippen LogP contribution in [0.1, 0.15) is 93.7 Å². The lowest BCUT2D eigenvalue weighted by atomic mass is 9.84. The van der Waals surface area contributed by atoms with Crippen LogP contribution in [0.3, 0.4) is 0 Å². The van der Waals surface area contributed by atoms with Gasteiger partial charge in [0.25, 0.3) is 18.2 Å². The number of primary amides is 1. The summed E-state index contributed by atoms with van der Waals surface area (Å²) in [5, 5.41) is 24.6. The van der Waals surface area contributed by atoms with Crippen LogP contribution in [0.4, 0.5) is 8.78 Å². The van der Waals surface area contributed by atoms with Gasteiger partial charge in [-0.05, 0) is 74.8 Å². The molecule has 4 amide bonds. The average molecular weight is 811 g/mol. The van der Waals surface area contributed by atoms with Gasteiger partial charge in [-0.15, -0.1) is 5.10 Å². The number of hydrogen-bond acceptors (Lipinski definition) is 11. The number of aliphatic hydroxyl groups is 1. The van der Waals surface area contributed by atoms with E-state index in [-0.39, 0.29) is 48.6 Å². The van der Waals surface area contributed by atoms with Crippen molar-refractivity contribution < 1.29 is 46.3 Å². The Morgan fingerprint density at radius 2 is 1.73 bits per heavy atom. The number of aromatic nitrogens is 3. The quantitative estimate of drug-likeness (QED) is 0.161. The van der Waals surface area contributed by atoms with Gasteiger partial charge in [0.1, 0.15) is 23.2 Å². The molecule has 3 fully saturated rings. The molecule has 5 rings (SSSR count). The van der Waals surface area contributed by atoms with Crippen molar-refractivity contribution in [2.75, 3.05) is 24.6 Å². The Hall–Kier alpha value is -4.01. The van der Waals surface area contributed by atoms with E-state index < -0.39 is 81.7 Å². The fourth-order valence-electron chi connectivity index (χ4n) is 7.58. The molecule has 0 spiro atoms. The molecule has 16 nitrogen and oxygen atoms in total. The summed E-state index contributed by atoms with van der Waals surface area (Å²) < 4.78 is 53.4. The third kappa shape index (κ3) is 10.1. The third-order valence-electron chi connectivity index (χ3n) is 10.5. The molecule has 0 bridgehead atoms. The molecule has 3 aliphatic rings. The molecule has 1 unspecified atom stereocenters.